The van der Waals surface area contributed by atoms with Gasteiger partial charge in [0.1, 0.15) is 5.76 Å². The Kier molecular flexibility index (Phi) is 5.83. The number of carbonyl (C=O) groups is 2. The smallest absolute Gasteiger partial charge is 0.295 e. The SMILES string of the molecule is Cc1nn(C)c(C)c1C(O)=C1C(=O)C(=O)N(CCCN(C)C)[C@@H]1c1ccncc1. The molecule has 2 aromatic heterocycles. The Labute approximate surface area is 170 Å². The molecule has 0 saturated carbocycles. The van der Waals surface area contributed by atoms with Gasteiger partial charge in [0.2, 0.25) is 0 Å². The standard InChI is InChI=1S/C21H27N5O3/c1-13-16(14(2)25(5)23-13)19(27)17-18(15-7-9-22-10-8-15)26(21(29)20(17)28)12-6-11-24(3)4/h7-10,18,27H,6,11-12H2,1-5H3/t18-/m1/s1. The molecular weight excluding hydrogens is 370 g/mol. The summed E-state index contributed by atoms with van der Waals surface area (Å²) in [5.41, 5.74) is 2.68. The van der Waals surface area contributed by atoms with E-state index < -0.39 is 17.7 Å². The monoisotopic (exact) mass is 397 g/mol. The summed E-state index contributed by atoms with van der Waals surface area (Å²) in [5.74, 6) is -1.44. The van der Waals surface area contributed by atoms with Crippen molar-refractivity contribution < 1.29 is 14.7 Å². The van der Waals surface area contributed by atoms with Crippen molar-refractivity contribution in [2.45, 2.75) is 26.3 Å². The number of rotatable bonds is 6. The van der Waals surface area contributed by atoms with Crippen LogP contribution in [0.1, 0.15) is 35.0 Å². The molecule has 0 spiro atoms. The molecule has 1 aliphatic heterocycles. The fraction of sp³-hybridized carbons (Fsp3) is 0.429. The van der Waals surface area contributed by atoms with Gasteiger partial charge in [0.15, 0.2) is 0 Å². The number of hydrogen-bond donors (Lipinski definition) is 1. The molecule has 0 aliphatic carbocycles. The van der Waals surface area contributed by atoms with Gasteiger partial charge in [-0.1, -0.05) is 0 Å². The van der Waals surface area contributed by atoms with Crippen LogP contribution in [0.15, 0.2) is 30.1 Å². The fourth-order valence-corrected chi connectivity index (χ4v) is 3.81. The van der Waals surface area contributed by atoms with Crippen LogP contribution in [-0.2, 0) is 16.6 Å². The van der Waals surface area contributed by atoms with Gasteiger partial charge in [-0.3, -0.25) is 19.3 Å². The summed E-state index contributed by atoms with van der Waals surface area (Å²) in [7, 11) is 5.70. The van der Waals surface area contributed by atoms with Crippen LogP contribution < -0.4 is 0 Å². The number of aliphatic hydroxyl groups is 1. The number of aromatic nitrogens is 3. The minimum absolute atomic E-state index is 0.102. The van der Waals surface area contributed by atoms with Crippen LogP contribution in [0, 0.1) is 13.8 Å². The van der Waals surface area contributed by atoms with Gasteiger partial charge in [0, 0.05) is 31.7 Å². The first-order valence-corrected chi connectivity index (χ1v) is 9.57. The number of ketones is 1. The summed E-state index contributed by atoms with van der Waals surface area (Å²) in [6, 6.07) is 2.89. The molecule has 1 N–H and O–H groups in total. The third-order valence-corrected chi connectivity index (χ3v) is 5.31. The Morgan fingerprint density at radius 3 is 2.41 bits per heavy atom. The van der Waals surface area contributed by atoms with Gasteiger partial charge < -0.3 is 14.9 Å². The summed E-state index contributed by atoms with van der Waals surface area (Å²) in [5, 5.41) is 15.5. The molecule has 8 heteroatoms. The van der Waals surface area contributed by atoms with Crippen molar-refractivity contribution in [2.75, 3.05) is 27.2 Å². The van der Waals surface area contributed by atoms with Gasteiger partial charge in [0.25, 0.3) is 11.7 Å². The van der Waals surface area contributed by atoms with Crippen molar-refractivity contribution in [3.63, 3.8) is 0 Å². The van der Waals surface area contributed by atoms with Crippen LogP contribution in [0.3, 0.4) is 0 Å². The van der Waals surface area contributed by atoms with E-state index in [-0.39, 0.29) is 11.3 Å². The lowest BCUT2D eigenvalue weighted by Crippen LogP contribution is -2.32. The van der Waals surface area contributed by atoms with Gasteiger partial charge in [-0.2, -0.15) is 5.10 Å². The Morgan fingerprint density at radius 2 is 1.86 bits per heavy atom. The summed E-state index contributed by atoms with van der Waals surface area (Å²) in [6.07, 6.45) is 3.96. The molecule has 1 aliphatic rings. The highest BCUT2D eigenvalue weighted by molar-refractivity contribution is 6.46. The predicted octanol–water partition coefficient (Wildman–Crippen LogP) is 1.81. The van der Waals surface area contributed by atoms with E-state index in [1.165, 1.54) is 0 Å². The average Bonchev–Trinajstić information content (AvgIpc) is 3.08. The van der Waals surface area contributed by atoms with E-state index >= 15 is 0 Å². The Balaban J connectivity index is 2.13. The second kappa shape index (κ2) is 8.16. The molecule has 0 radical (unpaired) electrons. The topological polar surface area (TPSA) is 91.6 Å². The van der Waals surface area contributed by atoms with E-state index in [1.807, 2.05) is 25.9 Å². The fourth-order valence-electron chi connectivity index (χ4n) is 3.81. The second-order valence-corrected chi connectivity index (χ2v) is 7.60. The molecule has 1 saturated heterocycles. The Morgan fingerprint density at radius 1 is 1.21 bits per heavy atom. The molecule has 1 amide bonds. The number of likely N-dealkylation sites (tertiary alicyclic amines) is 1. The lowest BCUT2D eigenvalue weighted by molar-refractivity contribution is -0.139. The molecule has 154 valence electrons. The Bertz CT molecular complexity index is 962. The molecule has 0 aromatic carbocycles. The van der Waals surface area contributed by atoms with Crippen molar-refractivity contribution in [3.8, 4) is 0 Å². The quantitative estimate of drug-likeness (QED) is 0.454. The molecule has 3 heterocycles. The molecule has 0 bridgehead atoms. The van der Waals surface area contributed by atoms with Crippen LogP contribution in [0.25, 0.3) is 5.76 Å². The van der Waals surface area contributed by atoms with E-state index in [9.17, 15) is 14.7 Å². The van der Waals surface area contributed by atoms with E-state index in [0.29, 0.717) is 24.2 Å². The van der Waals surface area contributed by atoms with Gasteiger partial charge in [-0.25, -0.2) is 0 Å². The zero-order chi connectivity index (χ0) is 21.3. The third kappa shape index (κ3) is 3.80. The van der Waals surface area contributed by atoms with Crippen molar-refractivity contribution in [1.29, 1.82) is 0 Å². The maximum Gasteiger partial charge on any atom is 0.295 e. The molecule has 2 aromatic rings. The average molecular weight is 397 g/mol. The van der Waals surface area contributed by atoms with Crippen LogP contribution in [0.4, 0.5) is 0 Å². The van der Waals surface area contributed by atoms with E-state index in [2.05, 4.69) is 10.1 Å². The van der Waals surface area contributed by atoms with Gasteiger partial charge in [0.05, 0.1) is 22.9 Å². The molecule has 1 atom stereocenters. The summed E-state index contributed by atoms with van der Waals surface area (Å²) in [4.78, 5) is 33.5. The molecule has 3 rings (SSSR count). The van der Waals surface area contributed by atoms with E-state index in [4.69, 9.17) is 0 Å². The van der Waals surface area contributed by atoms with Gasteiger partial charge in [-0.15, -0.1) is 0 Å². The molecule has 29 heavy (non-hydrogen) atoms. The van der Waals surface area contributed by atoms with E-state index in [1.54, 1.807) is 48.1 Å². The Hall–Kier alpha value is -3.00. The summed E-state index contributed by atoms with van der Waals surface area (Å²) < 4.78 is 1.65. The highest BCUT2D eigenvalue weighted by Crippen LogP contribution is 2.40. The lowest BCUT2D eigenvalue weighted by atomic mass is 9.95. The molecule has 8 nitrogen and oxygen atoms in total. The summed E-state index contributed by atoms with van der Waals surface area (Å²) in [6.45, 7) is 4.80. The number of amides is 1. The van der Waals surface area contributed by atoms with Crippen molar-refractivity contribution >= 4 is 17.4 Å². The van der Waals surface area contributed by atoms with Crippen molar-refractivity contribution in [3.05, 3.63) is 52.6 Å². The number of hydrogen-bond acceptors (Lipinski definition) is 6. The van der Waals surface area contributed by atoms with Gasteiger partial charge in [-0.05, 0) is 58.6 Å². The number of nitrogens with zero attached hydrogens (tertiary/aromatic N) is 5. The summed E-state index contributed by atoms with van der Waals surface area (Å²) >= 11 is 0. The predicted molar refractivity (Wildman–Crippen MR) is 109 cm³/mol. The number of aliphatic hydroxyl groups excluding tert-OH is 1. The number of Topliss-reactive ketones (excluding diaryl/α,β-unsaturated/α-hetero) is 1. The van der Waals surface area contributed by atoms with Crippen LogP contribution in [0.5, 0.6) is 0 Å². The zero-order valence-electron chi connectivity index (χ0n) is 17.5. The first kappa shape index (κ1) is 20.7. The second-order valence-electron chi connectivity index (χ2n) is 7.60. The highest BCUT2D eigenvalue weighted by atomic mass is 16.3. The first-order chi connectivity index (χ1) is 13.7. The molecule has 0 unspecified atom stereocenters. The first-order valence-electron chi connectivity index (χ1n) is 9.57. The normalized spacial score (nSPS) is 18.8. The largest absolute Gasteiger partial charge is 0.507 e. The number of pyridine rings is 1. The minimum atomic E-state index is -0.670. The highest BCUT2D eigenvalue weighted by Gasteiger charge is 2.46. The van der Waals surface area contributed by atoms with Crippen molar-refractivity contribution in [1.82, 2.24) is 24.6 Å². The third-order valence-electron chi connectivity index (χ3n) is 5.31. The minimum Gasteiger partial charge on any atom is -0.507 e. The number of carbonyl (C=O) groups excluding carboxylic acids is 2. The van der Waals surface area contributed by atoms with E-state index in [0.717, 1.165) is 17.8 Å². The maximum absolute atomic E-state index is 13.0. The lowest BCUT2D eigenvalue weighted by Gasteiger charge is -2.25. The molecule has 1 fully saturated rings. The van der Waals surface area contributed by atoms with Gasteiger partial charge >= 0.3 is 0 Å². The number of aryl methyl sites for hydroxylation is 2. The van der Waals surface area contributed by atoms with Crippen LogP contribution >= 0.6 is 0 Å². The maximum atomic E-state index is 13.0. The van der Waals surface area contributed by atoms with Crippen LogP contribution in [0.2, 0.25) is 0 Å². The zero-order valence-corrected chi connectivity index (χ0v) is 17.5. The molecular formula is C21H27N5O3. The van der Waals surface area contributed by atoms with Crippen LogP contribution in [-0.4, -0.2) is 68.5 Å². The van der Waals surface area contributed by atoms with Crippen molar-refractivity contribution in [2.24, 2.45) is 7.05 Å².